The molecule has 4 rings (SSSR count). The van der Waals surface area contributed by atoms with Crippen LogP contribution in [0.15, 0.2) is 6.33 Å². The molecule has 10 nitrogen and oxygen atoms in total. The molecule has 2 aromatic rings. The van der Waals surface area contributed by atoms with Gasteiger partial charge in [-0.3, -0.25) is 0 Å². The summed E-state index contributed by atoms with van der Waals surface area (Å²) in [4.78, 5) is 16.8. The topological polar surface area (TPSA) is 97.0 Å². The Hall–Kier alpha value is -2.65. The Labute approximate surface area is 158 Å². The molecule has 1 N–H and O–H groups in total. The maximum absolute atomic E-state index is 12.7. The van der Waals surface area contributed by atoms with Gasteiger partial charge in [0.15, 0.2) is 0 Å². The summed E-state index contributed by atoms with van der Waals surface area (Å²) < 4.78 is 4.08. The monoisotopic (exact) mass is 373 g/mol. The van der Waals surface area contributed by atoms with Gasteiger partial charge in [-0.25, -0.2) is 4.79 Å². The van der Waals surface area contributed by atoms with Gasteiger partial charge in [-0.15, -0.1) is 20.4 Å². The maximum atomic E-state index is 12.7. The van der Waals surface area contributed by atoms with Crippen LogP contribution in [0.3, 0.4) is 0 Å². The van der Waals surface area contributed by atoms with Crippen LogP contribution in [0.2, 0.25) is 0 Å². The third-order valence-electron chi connectivity index (χ3n) is 5.36. The number of hydrogen-bond acceptors (Lipinski definition) is 6. The normalized spacial score (nSPS) is 20.1. The first kappa shape index (κ1) is 17.7. The van der Waals surface area contributed by atoms with Crippen LogP contribution < -0.4 is 10.2 Å². The highest BCUT2D eigenvalue weighted by Crippen LogP contribution is 2.20. The standard InChI is InChI=1S/C17H27N9O/c1-12(2)15-21-20-14-5-4-13(10-26(14)15)19-17(27)25-8-6-24(7-9-25)16-22-18-11-23(16)3/h11-13H,4-10H2,1-3H3,(H,19,27). The number of nitrogens with one attached hydrogen (secondary N) is 1. The van der Waals surface area contributed by atoms with E-state index in [9.17, 15) is 4.79 Å². The minimum atomic E-state index is 0.0141. The molecule has 2 amide bonds. The van der Waals surface area contributed by atoms with Gasteiger partial charge in [-0.2, -0.15) is 0 Å². The van der Waals surface area contributed by atoms with E-state index in [2.05, 4.69) is 49.0 Å². The van der Waals surface area contributed by atoms with Crippen LogP contribution in [-0.2, 0) is 20.0 Å². The quantitative estimate of drug-likeness (QED) is 0.835. The van der Waals surface area contributed by atoms with Crippen molar-refractivity contribution in [2.45, 2.75) is 45.2 Å². The van der Waals surface area contributed by atoms with E-state index in [0.29, 0.717) is 19.0 Å². The van der Waals surface area contributed by atoms with Crippen LogP contribution in [0, 0.1) is 0 Å². The van der Waals surface area contributed by atoms with Gasteiger partial charge in [0.1, 0.15) is 18.0 Å². The molecule has 1 atom stereocenters. The number of anilines is 1. The maximum Gasteiger partial charge on any atom is 0.317 e. The number of hydrogen-bond donors (Lipinski definition) is 1. The first-order valence-electron chi connectivity index (χ1n) is 9.59. The molecule has 4 heterocycles. The Bertz CT molecular complexity index is 803. The largest absolute Gasteiger partial charge is 0.337 e. The molecule has 2 aliphatic heterocycles. The Morgan fingerprint density at radius 3 is 2.63 bits per heavy atom. The van der Waals surface area contributed by atoms with Crippen LogP contribution in [0.25, 0.3) is 0 Å². The summed E-state index contributed by atoms with van der Waals surface area (Å²) >= 11 is 0. The van der Waals surface area contributed by atoms with Crippen molar-refractivity contribution < 1.29 is 4.79 Å². The number of carbonyl (C=O) groups is 1. The first-order chi connectivity index (χ1) is 13.0. The molecule has 0 aliphatic carbocycles. The highest BCUT2D eigenvalue weighted by atomic mass is 16.2. The van der Waals surface area contributed by atoms with E-state index in [0.717, 1.165) is 50.1 Å². The molecule has 2 aromatic heterocycles. The number of aromatic nitrogens is 6. The van der Waals surface area contributed by atoms with Gasteiger partial charge >= 0.3 is 6.03 Å². The fourth-order valence-corrected chi connectivity index (χ4v) is 3.83. The average molecular weight is 373 g/mol. The van der Waals surface area contributed by atoms with Crippen LogP contribution in [0.5, 0.6) is 0 Å². The van der Waals surface area contributed by atoms with E-state index < -0.39 is 0 Å². The first-order valence-corrected chi connectivity index (χ1v) is 9.59. The number of urea groups is 1. The lowest BCUT2D eigenvalue weighted by molar-refractivity contribution is 0.186. The zero-order valence-electron chi connectivity index (χ0n) is 16.2. The summed E-state index contributed by atoms with van der Waals surface area (Å²) in [6, 6.07) is 0.135. The number of nitrogens with zero attached hydrogens (tertiary/aromatic N) is 8. The summed E-state index contributed by atoms with van der Waals surface area (Å²) in [5.41, 5.74) is 0. The SMILES string of the molecule is CC(C)c1nnc2n1CC(NC(=O)N1CCN(c3nncn3C)CC1)CC2. The Morgan fingerprint density at radius 1 is 1.19 bits per heavy atom. The van der Waals surface area contributed by atoms with E-state index >= 15 is 0 Å². The van der Waals surface area contributed by atoms with Gasteiger partial charge in [0.2, 0.25) is 5.95 Å². The minimum absolute atomic E-state index is 0.0141. The molecule has 146 valence electrons. The molecule has 0 radical (unpaired) electrons. The van der Waals surface area contributed by atoms with Gasteiger partial charge in [0.05, 0.1) is 0 Å². The second-order valence-electron chi connectivity index (χ2n) is 7.64. The summed E-state index contributed by atoms with van der Waals surface area (Å²) in [7, 11) is 1.93. The third-order valence-corrected chi connectivity index (χ3v) is 5.36. The van der Waals surface area contributed by atoms with E-state index in [-0.39, 0.29) is 12.1 Å². The highest BCUT2D eigenvalue weighted by Gasteiger charge is 2.28. The van der Waals surface area contributed by atoms with Crippen molar-refractivity contribution in [2.75, 3.05) is 31.1 Å². The van der Waals surface area contributed by atoms with Crippen LogP contribution in [0.4, 0.5) is 10.7 Å². The van der Waals surface area contributed by atoms with Crippen LogP contribution >= 0.6 is 0 Å². The molecular formula is C17H27N9O. The summed E-state index contributed by atoms with van der Waals surface area (Å²) in [6.45, 7) is 7.88. The lowest BCUT2D eigenvalue weighted by Crippen LogP contribution is -2.54. The molecule has 1 saturated heterocycles. The average Bonchev–Trinajstić information content (AvgIpc) is 3.27. The molecular weight excluding hydrogens is 346 g/mol. The number of fused-ring (bicyclic) bond motifs is 1. The van der Waals surface area contributed by atoms with Crippen molar-refractivity contribution >= 4 is 12.0 Å². The molecule has 0 saturated carbocycles. The fourth-order valence-electron chi connectivity index (χ4n) is 3.83. The minimum Gasteiger partial charge on any atom is -0.337 e. The van der Waals surface area contributed by atoms with Crippen LogP contribution in [0.1, 0.15) is 37.8 Å². The van der Waals surface area contributed by atoms with E-state index in [1.807, 2.05) is 16.5 Å². The fraction of sp³-hybridized carbons (Fsp3) is 0.706. The van der Waals surface area contributed by atoms with Crippen molar-refractivity contribution in [3.8, 4) is 0 Å². The number of amides is 2. The molecule has 0 spiro atoms. The van der Waals surface area contributed by atoms with Gasteiger partial charge in [-0.1, -0.05) is 13.8 Å². The summed E-state index contributed by atoms with van der Waals surface area (Å²) in [6.07, 6.45) is 3.45. The highest BCUT2D eigenvalue weighted by molar-refractivity contribution is 5.74. The lowest BCUT2D eigenvalue weighted by Gasteiger charge is -2.36. The zero-order valence-corrected chi connectivity index (χ0v) is 16.2. The second-order valence-corrected chi connectivity index (χ2v) is 7.64. The Kier molecular flexibility index (Phi) is 4.71. The van der Waals surface area contributed by atoms with Gasteiger partial charge in [0, 0.05) is 58.2 Å². The number of carbonyl (C=O) groups excluding carboxylic acids is 1. The van der Waals surface area contributed by atoms with Crippen molar-refractivity contribution in [1.82, 2.24) is 39.7 Å². The molecule has 2 aliphatic rings. The lowest BCUT2D eigenvalue weighted by atomic mass is 10.1. The van der Waals surface area contributed by atoms with Crippen LogP contribution in [-0.4, -0.2) is 72.7 Å². The molecule has 10 heteroatoms. The van der Waals surface area contributed by atoms with Crippen molar-refractivity contribution in [1.29, 1.82) is 0 Å². The predicted octanol–water partition coefficient (Wildman–Crippen LogP) is 0.377. The van der Waals surface area contributed by atoms with Gasteiger partial charge in [0.25, 0.3) is 0 Å². The van der Waals surface area contributed by atoms with E-state index in [1.54, 1.807) is 6.33 Å². The Morgan fingerprint density at radius 2 is 1.96 bits per heavy atom. The smallest absolute Gasteiger partial charge is 0.317 e. The second kappa shape index (κ2) is 7.16. The Balaban J connectivity index is 1.32. The summed E-state index contributed by atoms with van der Waals surface area (Å²) in [5.74, 6) is 3.21. The number of rotatable bonds is 3. The molecule has 0 bridgehead atoms. The van der Waals surface area contributed by atoms with Crippen molar-refractivity contribution in [2.24, 2.45) is 7.05 Å². The molecule has 0 aromatic carbocycles. The zero-order chi connectivity index (χ0) is 19.0. The molecule has 1 unspecified atom stereocenters. The van der Waals surface area contributed by atoms with Gasteiger partial charge in [-0.05, 0) is 6.42 Å². The molecule has 27 heavy (non-hydrogen) atoms. The van der Waals surface area contributed by atoms with Crippen molar-refractivity contribution in [3.05, 3.63) is 18.0 Å². The predicted molar refractivity (Wildman–Crippen MR) is 99.5 cm³/mol. The van der Waals surface area contributed by atoms with Gasteiger partial charge < -0.3 is 24.3 Å². The molecule has 1 fully saturated rings. The third kappa shape index (κ3) is 3.47. The van der Waals surface area contributed by atoms with E-state index in [1.165, 1.54) is 0 Å². The van der Waals surface area contributed by atoms with E-state index in [4.69, 9.17) is 0 Å². The number of aryl methyl sites for hydroxylation is 2. The van der Waals surface area contributed by atoms with Crippen molar-refractivity contribution in [3.63, 3.8) is 0 Å². The number of piperazine rings is 1. The summed E-state index contributed by atoms with van der Waals surface area (Å²) in [5, 5.41) is 19.9.